The highest BCUT2D eigenvalue weighted by Gasteiger charge is 2.30. The standard InChI is InChI=1S/C30H58/c1-3-5-7-9-11-12-14-16-18-28-21-25-30(26-22-28)29-23-19-27(20-24-29)17-15-13-10-8-6-4-2/h27-30H,3-26H2,1-2H3/t27-,28-,29-,30-. The van der Waals surface area contributed by atoms with Gasteiger partial charge >= 0.3 is 0 Å². The Morgan fingerprint density at radius 1 is 0.367 bits per heavy atom. The molecule has 30 heavy (non-hydrogen) atoms. The van der Waals surface area contributed by atoms with Crippen LogP contribution in [0.15, 0.2) is 0 Å². The fourth-order valence-corrected chi connectivity index (χ4v) is 6.68. The number of rotatable bonds is 17. The summed E-state index contributed by atoms with van der Waals surface area (Å²) in [5.41, 5.74) is 0. The maximum atomic E-state index is 2.32. The van der Waals surface area contributed by atoms with Gasteiger partial charge in [0.2, 0.25) is 0 Å². The van der Waals surface area contributed by atoms with Gasteiger partial charge < -0.3 is 0 Å². The van der Waals surface area contributed by atoms with Crippen LogP contribution in [-0.2, 0) is 0 Å². The van der Waals surface area contributed by atoms with Crippen LogP contribution < -0.4 is 0 Å². The third-order valence-electron chi connectivity index (χ3n) is 8.88. The SMILES string of the molecule is CCCCCCCCCC[C@H]1CC[C@H]([C@H]2CC[C@H](CCCCCCCC)CC2)CC1. The zero-order chi connectivity index (χ0) is 21.3. The fraction of sp³-hybridized carbons (Fsp3) is 1.00. The first-order valence-electron chi connectivity index (χ1n) is 14.8. The molecule has 0 radical (unpaired) electrons. The van der Waals surface area contributed by atoms with Crippen molar-refractivity contribution >= 4 is 0 Å². The van der Waals surface area contributed by atoms with E-state index >= 15 is 0 Å². The molecule has 2 rings (SSSR count). The van der Waals surface area contributed by atoms with E-state index in [2.05, 4.69) is 13.8 Å². The van der Waals surface area contributed by atoms with Gasteiger partial charge in [-0.1, -0.05) is 142 Å². The number of hydrogen-bond donors (Lipinski definition) is 0. The largest absolute Gasteiger partial charge is 0.0654 e. The van der Waals surface area contributed by atoms with Gasteiger partial charge in [0.25, 0.3) is 0 Å². The molecule has 178 valence electrons. The molecule has 0 aromatic rings. The molecule has 2 aliphatic rings. The molecule has 0 unspecified atom stereocenters. The summed E-state index contributed by atoms with van der Waals surface area (Å²) in [6, 6.07) is 0. The number of unbranched alkanes of at least 4 members (excludes halogenated alkanes) is 12. The van der Waals surface area contributed by atoms with Crippen molar-refractivity contribution < 1.29 is 0 Å². The summed E-state index contributed by atoms with van der Waals surface area (Å²) in [5.74, 6) is 4.39. The smallest absolute Gasteiger partial charge is 0.0386 e. The topological polar surface area (TPSA) is 0 Å². The molecule has 2 aliphatic carbocycles. The first-order valence-corrected chi connectivity index (χ1v) is 14.8. The Kier molecular flexibility index (Phi) is 15.4. The first-order chi connectivity index (χ1) is 14.8. The quantitative estimate of drug-likeness (QED) is 0.206. The van der Waals surface area contributed by atoms with E-state index in [4.69, 9.17) is 0 Å². The minimum atomic E-state index is 1.09. The monoisotopic (exact) mass is 418 g/mol. The highest BCUT2D eigenvalue weighted by molar-refractivity contribution is 4.82. The second-order valence-electron chi connectivity index (χ2n) is 11.4. The molecule has 0 nitrogen and oxygen atoms in total. The minimum absolute atomic E-state index is 1.09. The molecule has 2 saturated carbocycles. The molecule has 0 atom stereocenters. The molecule has 0 N–H and O–H groups in total. The zero-order valence-electron chi connectivity index (χ0n) is 21.3. The van der Waals surface area contributed by atoms with Crippen molar-refractivity contribution in [3.63, 3.8) is 0 Å². The van der Waals surface area contributed by atoms with Gasteiger partial charge in [-0.25, -0.2) is 0 Å². The van der Waals surface area contributed by atoms with E-state index < -0.39 is 0 Å². The second kappa shape index (κ2) is 17.5. The Hall–Kier alpha value is 0. The molecule has 0 amide bonds. The summed E-state index contributed by atoms with van der Waals surface area (Å²) >= 11 is 0. The van der Waals surface area contributed by atoms with Crippen LogP contribution in [0.4, 0.5) is 0 Å². The minimum Gasteiger partial charge on any atom is -0.0654 e. The van der Waals surface area contributed by atoms with E-state index in [1.165, 1.54) is 89.9 Å². The second-order valence-corrected chi connectivity index (χ2v) is 11.4. The maximum Gasteiger partial charge on any atom is -0.0386 e. The van der Waals surface area contributed by atoms with Crippen molar-refractivity contribution in [2.24, 2.45) is 23.7 Å². The van der Waals surface area contributed by atoms with Crippen molar-refractivity contribution in [3.8, 4) is 0 Å². The van der Waals surface area contributed by atoms with Crippen LogP contribution in [0.2, 0.25) is 0 Å². The normalized spacial score (nSPS) is 27.4. The molecule has 0 saturated heterocycles. The molecule has 0 spiro atoms. The Morgan fingerprint density at radius 3 is 1.00 bits per heavy atom. The first kappa shape index (κ1) is 26.3. The number of hydrogen-bond acceptors (Lipinski definition) is 0. The predicted octanol–water partition coefficient (Wildman–Crippen LogP) is 10.9. The van der Waals surface area contributed by atoms with Crippen LogP contribution in [0.5, 0.6) is 0 Å². The molecule has 0 aliphatic heterocycles. The van der Waals surface area contributed by atoms with Crippen LogP contribution in [-0.4, -0.2) is 0 Å². The Bertz CT molecular complexity index is 356. The Balaban J connectivity index is 1.43. The van der Waals surface area contributed by atoms with Gasteiger partial charge in [0.15, 0.2) is 0 Å². The predicted molar refractivity (Wildman–Crippen MR) is 136 cm³/mol. The molecular formula is C30H58. The van der Waals surface area contributed by atoms with E-state index in [-0.39, 0.29) is 0 Å². The van der Waals surface area contributed by atoms with Crippen LogP contribution in [0, 0.1) is 23.7 Å². The summed E-state index contributed by atoms with van der Waals surface area (Å²) in [5, 5.41) is 0. The third kappa shape index (κ3) is 11.6. The fourth-order valence-electron chi connectivity index (χ4n) is 6.68. The van der Waals surface area contributed by atoms with Gasteiger partial charge in [-0.3, -0.25) is 0 Å². The van der Waals surface area contributed by atoms with E-state index in [0.717, 1.165) is 23.7 Å². The zero-order valence-corrected chi connectivity index (χ0v) is 21.3. The maximum absolute atomic E-state index is 2.32. The molecule has 0 aromatic carbocycles. The van der Waals surface area contributed by atoms with Gasteiger partial charge in [0.05, 0.1) is 0 Å². The van der Waals surface area contributed by atoms with E-state index in [0.29, 0.717) is 0 Å². The van der Waals surface area contributed by atoms with Gasteiger partial charge in [-0.15, -0.1) is 0 Å². The average Bonchev–Trinajstić information content (AvgIpc) is 2.79. The van der Waals surface area contributed by atoms with Crippen molar-refractivity contribution in [1.82, 2.24) is 0 Å². The summed E-state index contributed by atoms with van der Waals surface area (Å²) in [6.07, 6.45) is 36.3. The van der Waals surface area contributed by atoms with Crippen molar-refractivity contribution in [3.05, 3.63) is 0 Å². The highest BCUT2D eigenvalue weighted by atomic mass is 14.4. The summed E-state index contributed by atoms with van der Waals surface area (Å²) in [6.45, 7) is 4.64. The molecule has 0 bridgehead atoms. The van der Waals surface area contributed by atoms with E-state index in [9.17, 15) is 0 Å². The van der Waals surface area contributed by atoms with Crippen molar-refractivity contribution in [2.45, 2.75) is 168 Å². The van der Waals surface area contributed by atoms with Gasteiger partial charge in [0, 0.05) is 0 Å². The summed E-state index contributed by atoms with van der Waals surface area (Å²) in [4.78, 5) is 0. The van der Waals surface area contributed by atoms with Crippen LogP contribution in [0.1, 0.15) is 168 Å². The van der Waals surface area contributed by atoms with Crippen LogP contribution in [0.25, 0.3) is 0 Å². The highest BCUT2D eigenvalue weighted by Crippen LogP contribution is 2.43. The summed E-state index contributed by atoms with van der Waals surface area (Å²) < 4.78 is 0. The lowest BCUT2D eigenvalue weighted by molar-refractivity contribution is 0.139. The van der Waals surface area contributed by atoms with Crippen LogP contribution in [0.3, 0.4) is 0 Å². The van der Waals surface area contributed by atoms with Crippen molar-refractivity contribution in [1.29, 1.82) is 0 Å². The van der Waals surface area contributed by atoms with E-state index in [1.54, 1.807) is 64.2 Å². The molecular weight excluding hydrogens is 360 g/mol. The van der Waals surface area contributed by atoms with Gasteiger partial charge in [0.1, 0.15) is 0 Å². The Labute approximate surface area is 191 Å². The lowest BCUT2D eigenvalue weighted by atomic mass is 9.68. The lowest BCUT2D eigenvalue weighted by Gasteiger charge is -2.38. The summed E-state index contributed by atoms with van der Waals surface area (Å²) in [7, 11) is 0. The van der Waals surface area contributed by atoms with Gasteiger partial charge in [-0.05, 0) is 49.4 Å². The van der Waals surface area contributed by atoms with Crippen LogP contribution >= 0.6 is 0 Å². The average molecular weight is 419 g/mol. The lowest BCUT2D eigenvalue weighted by Crippen LogP contribution is -2.25. The molecule has 0 heterocycles. The molecule has 0 aromatic heterocycles. The van der Waals surface area contributed by atoms with Crippen molar-refractivity contribution in [2.75, 3.05) is 0 Å². The third-order valence-corrected chi connectivity index (χ3v) is 8.88. The molecule has 2 fully saturated rings. The molecule has 0 heteroatoms. The van der Waals surface area contributed by atoms with E-state index in [1.807, 2.05) is 0 Å². The Morgan fingerprint density at radius 2 is 0.667 bits per heavy atom. The van der Waals surface area contributed by atoms with Gasteiger partial charge in [-0.2, -0.15) is 0 Å².